The topological polar surface area (TPSA) is 173 Å². The van der Waals surface area contributed by atoms with E-state index in [1.165, 1.54) is 63.5 Å². The summed E-state index contributed by atoms with van der Waals surface area (Å²) in [6.45, 7) is 2.76. The van der Waals surface area contributed by atoms with E-state index in [9.17, 15) is 29.0 Å². The lowest BCUT2D eigenvalue weighted by Crippen LogP contribution is -3.00. The third-order valence-electron chi connectivity index (χ3n) is 8.29. The summed E-state index contributed by atoms with van der Waals surface area (Å²) in [4.78, 5) is 46.3. The Morgan fingerprint density at radius 1 is 1.13 bits per heavy atom. The molecule has 0 spiro atoms. The molecule has 2 aromatic carbocycles. The number of carbonyl (C=O) groups is 3. The van der Waals surface area contributed by atoms with E-state index in [1.54, 1.807) is 50.5 Å². The van der Waals surface area contributed by atoms with Crippen molar-refractivity contribution in [3.63, 3.8) is 0 Å². The molecule has 0 bridgehead atoms. The van der Waals surface area contributed by atoms with Gasteiger partial charge in [0.2, 0.25) is 12.6 Å². The molecule has 3 heterocycles. The molecular formula is C35H37ClF2IN7O7S. The van der Waals surface area contributed by atoms with Crippen LogP contribution in [0.3, 0.4) is 0 Å². The fourth-order valence-corrected chi connectivity index (χ4v) is 6.29. The normalized spacial score (nSPS) is 13.0. The largest absolute Gasteiger partial charge is 1.00 e. The number of nitrogens with one attached hydrogen (secondary N) is 1. The van der Waals surface area contributed by atoms with Crippen LogP contribution >= 0.6 is 23.7 Å². The maximum absolute atomic E-state index is 15.3. The number of nitrogens with zero attached hydrogens (tertiary/aromatic N) is 6. The summed E-state index contributed by atoms with van der Waals surface area (Å²) in [7, 11) is 3.07. The van der Waals surface area contributed by atoms with Gasteiger partial charge in [0.15, 0.2) is 0 Å². The Morgan fingerprint density at radius 3 is 2.54 bits per heavy atom. The molecule has 54 heavy (non-hydrogen) atoms. The minimum absolute atomic E-state index is 0. The molecule has 19 heteroatoms. The number of pyridine rings is 1. The van der Waals surface area contributed by atoms with Crippen molar-refractivity contribution in [2.45, 2.75) is 44.7 Å². The number of thiazole rings is 1. The lowest BCUT2D eigenvalue weighted by atomic mass is 9.82. The van der Waals surface area contributed by atoms with E-state index in [2.05, 4.69) is 20.4 Å². The Hall–Kier alpha value is -4.63. The zero-order valence-corrected chi connectivity index (χ0v) is 33.1. The molecule has 14 nitrogen and oxygen atoms in total. The van der Waals surface area contributed by atoms with Crippen molar-refractivity contribution in [3.05, 3.63) is 112 Å². The molecule has 0 aliphatic heterocycles. The fraction of sp³-hybridized carbons (Fsp3) is 0.286. The van der Waals surface area contributed by atoms with E-state index in [0.29, 0.717) is 21.8 Å². The number of amides is 1. The molecule has 0 saturated heterocycles. The number of aliphatic hydroxyl groups is 1. The molecule has 1 unspecified atom stereocenters. The molecule has 0 saturated carbocycles. The first-order chi connectivity index (χ1) is 24.8. The summed E-state index contributed by atoms with van der Waals surface area (Å²) < 4.78 is 43.5. The van der Waals surface area contributed by atoms with E-state index in [-0.39, 0.29) is 73.0 Å². The van der Waals surface area contributed by atoms with Crippen LogP contribution in [0.15, 0.2) is 78.8 Å². The van der Waals surface area contributed by atoms with Gasteiger partial charge in [-0.3, -0.25) is 9.69 Å². The first kappa shape index (κ1) is 43.8. The number of carboxylic acids is 1. The molecule has 0 radical (unpaired) electrons. The van der Waals surface area contributed by atoms with Crippen LogP contribution in [0.1, 0.15) is 52.5 Å². The minimum atomic E-state index is -2.08. The molecule has 1 amide bonds. The predicted octanol–water partition coefficient (Wildman–Crippen LogP) is 1.84. The van der Waals surface area contributed by atoms with Gasteiger partial charge in [0.25, 0.3) is 6.33 Å². The quantitative estimate of drug-likeness (QED) is 0.0844. The maximum Gasteiger partial charge on any atom is 0.418 e. The number of benzene rings is 2. The van der Waals surface area contributed by atoms with Crippen LogP contribution < -0.4 is 38.8 Å². The average Bonchev–Trinajstić information content (AvgIpc) is 3.82. The highest BCUT2D eigenvalue weighted by Gasteiger charge is 2.43. The number of halogens is 4. The van der Waals surface area contributed by atoms with E-state index >= 15 is 4.39 Å². The maximum atomic E-state index is 15.3. The number of aromatic nitrogens is 5. The summed E-state index contributed by atoms with van der Waals surface area (Å²) in [6.07, 6.45) is 2.57. The van der Waals surface area contributed by atoms with Crippen molar-refractivity contribution in [3.8, 4) is 11.3 Å². The first-order valence-electron chi connectivity index (χ1n) is 15.9. The number of hydrogen-bond donors (Lipinski definition) is 3. The molecular weight excluding hydrogens is 863 g/mol. The molecule has 5 aromatic rings. The van der Waals surface area contributed by atoms with Gasteiger partial charge in [-0.15, -0.1) is 28.4 Å². The summed E-state index contributed by atoms with van der Waals surface area (Å²) in [5.41, 5.74) is -0.663. The van der Waals surface area contributed by atoms with Crippen molar-refractivity contribution in [1.29, 1.82) is 0 Å². The van der Waals surface area contributed by atoms with Crippen LogP contribution in [0.5, 0.6) is 0 Å². The summed E-state index contributed by atoms with van der Waals surface area (Å²) in [5, 5.41) is 30.6. The molecule has 3 N–H and O–H groups in total. The Bertz CT molecular complexity index is 2070. The van der Waals surface area contributed by atoms with Crippen LogP contribution in [0.25, 0.3) is 11.3 Å². The molecule has 0 fully saturated rings. The van der Waals surface area contributed by atoms with Crippen LogP contribution in [-0.4, -0.2) is 68.6 Å². The van der Waals surface area contributed by atoms with E-state index in [0.717, 1.165) is 18.2 Å². The molecule has 5 rings (SSSR count). The Balaban J connectivity index is 0.00000392. The third kappa shape index (κ3) is 10.1. The number of anilines is 1. The van der Waals surface area contributed by atoms with Crippen LogP contribution in [0.2, 0.25) is 0 Å². The van der Waals surface area contributed by atoms with Gasteiger partial charge >= 0.3 is 18.0 Å². The van der Waals surface area contributed by atoms with Gasteiger partial charge in [0.05, 0.1) is 22.8 Å². The van der Waals surface area contributed by atoms with Crippen molar-refractivity contribution < 1.29 is 71.4 Å². The van der Waals surface area contributed by atoms with Gasteiger partial charge < -0.3 is 49.0 Å². The number of aromatic carboxylic acids is 1. The van der Waals surface area contributed by atoms with Gasteiger partial charge in [0, 0.05) is 53.3 Å². The monoisotopic (exact) mass is 899 g/mol. The second kappa shape index (κ2) is 19.1. The van der Waals surface area contributed by atoms with E-state index in [1.807, 2.05) is 0 Å². The average molecular weight is 900 g/mol. The Morgan fingerprint density at radius 2 is 1.85 bits per heavy atom. The lowest BCUT2D eigenvalue weighted by Gasteiger charge is -2.32. The van der Waals surface area contributed by atoms with E-state index in [4.69, 9.17) is 9.47 Å². The second-order valence-corrected chi connectivity index (χ2v) is 12.7. The summed E-state index contributed by atoms with van der Waals surface area (Å²) >= 11 is 1.20. The molecule has 3 aromatic heterocycles. The fourth-order valence-electron chi connectivity index (χ4n) is 5.32. The number of esters is 1. The number of carboxylic acid groups (broad SMARTS) is 1. The number of likely N-dealkylation sites (N-methyl/N-ethyl adjacent to an activating group) is 1. The molecule has 0 aliphatic carbocycles. The van der Waals surface area contributed by atoms with Crippen LogP contribution in [0, 0.1) is 11.6 Å². The zero-order valence-electron chi connectivity index (χ0n) is 29.4. The van der Waals surface area contributed by atoms with Crippen molar-refractivity contribution in [2.24, 2.45) is 0 Å². The zero-order chi connectivity index (χ0) is 37.6. The third-order valence-corrected chi connectivity index (χ3v) is 9.32. The van der Waals surface area contributed by atoms with Crippen LogP contribution in [0.4, 0.5) is 19.4 Å². The van der Waals surface area contributed by atoms with Gasteiger partial charge in [-0.1, -0.05) is 25.1 Å². The smallest absolute Gasteiger partial charge is 0.418 e. The SMILES string of the molecule is CNCC(=O)OCc1cccnc1N(C)C(=O)OC(C)[n+]1cnn(C[C@](O)(c2cc(F)ccc2F)[C@@H](C)c2nc(-c3ccc(C(=O)O)cc3)cs2)c1.Cl.[I-]. The standard InChI is InChI=1S/C35H35F2N7O7S.ClH.HI/c1-21(32-41-29(17-52-32)23-7-9-24(10-8-23)33(46)47)35(49,27-14-26(36)11-12-28(27)37)18-44-20-43(19-40-44)22(2)51-34(48)42(4)31-25(6-5-13-39-31)16-50-30(45)15-38-3;;/h5-14,17,19-22,38,49H,15-16,18H2,1-4H3;2*1H/t21-,22?,35+;;/m0../s1. The van der Waals surface area contributed by atoms with Crippen molar-refractivity contribution in [1.82, 2.24) is 25.1 Å². The number of rotatable bonds is 14. The summed E-state index contributed by atoms with van der Waals surface area (Å²) in [6, 6.07) is 12.2. The highest BCUT2D eigenvalue weighted by molar-refractivity contribution is 7.10. The number of hydrogen-bond acceptors (Lipinski definition) is 11. The Labute approximate surface area is 336 Å². The molecule has 0 aliphatic rings. The van der Waals surface area contributed by atoms with Gasteiger partial charge in [-0.2, -0.15) is 4.57 Å². The van der Waals surface area contributed by atoms with E-state index < -0.39 is 47.4 Å². The minimum Gasteiger partial charge on any atom is -1.00 e. The van der Waals surface area contributed by atoms with Gasteiger partial charge in [0.1, 0.15) is 36.2 Å². The number of carbonyl (C=O) groups excluding carboxylic acids is 2. The van der Waals surface area contributed by atoms with Gasteiger partial charge in [-0.05, 0) is 43.4 Å². The van der Waals surface area contributed by atoms with Gasteiger partial charge in [-0.25, -0.2) is 28.3 Å². The van der Waals surface area contributed by atoms with Crippen molar-refractivity contribution >= 4 is 47.6 Å². The molecule has 3 atom stereocenters. The highest BCUT2D eigenvalue weighted by atomic mass is 127. The van der Waals surface area contributed by atoms with Crippen molar-refractivity contribution in [2.75, 3.05) is 25.5 Å². The van der Waals surface area contributed by atoms with Crippen LogP contribution in [-0.2, 0) is 33.0 Å². The Kier molecular flexibility index (Phi) is 15.5. The molecule has 288 valence electrons. The number of ether oxygens (including phenoxy) is 2. The first-order valence-corrected chi connectivity index (χ1v) is 16.8. The second-order valence-electron chi connectivity index (χ2n) is 11.8. The highest BCUT2D eigenvalue weighted by Crippen LogP contribution is 2.41. The summed E-state index contributed by atoms with van der Waals surface area (Å²) in [5.74, 6) is -3.82. The lowest BCUT2D eigenvalue weighted by molar-refractivity contribution is -0.753. The predicted molar refractivity (Wildman–Crippen MR) is 190 cm³/mol.